The van der Waals surface area contributed by atoms with Crippen LogP contribution >= 0.6 is 7.75 Å². The van der Waals surface area contributed by atoms with Crippen molar-refractivity contribution in [3.05, 3.63) is 35.9 Å². The highest BCUT2D eigenvalue weighted by Gasteiger charge is 2.29. The quantitative estimate of drug-likeness (QED) is 0.334. The van der Waals surface area contributed by atoms with E-state index in [4.69, 9.17) is 14.4 Å². The van der Waals surface area contributed by atoms with Crippen LogP contribution in [0.5, 0.6) is 0 Å². The van der Waals surface area contributed by atoms with Crippen molar-refractivity contribution in [1.82, 2.24) is 10.4 Å². The summed E-state index contributed by atoms with van der Waals surface area (Å²) in [4.78, 5) is 32.3. The average molecular weight is 388 g/mol. The number of benzene rings is 1. The summed E-state index contributed by atoms with van der Waals surface area (Å²) >= 11 is 0. The Morgan fingerprint density at radius 2 is 1.88 bits per heavy atom. The first-order valence-electron chi connectivity index (χ1n) is 8.12. The molecule has 0 radical (unpaired) electrons. The normalized spacial score (nSPS) is 14.5. The number of nitrogens with one attached hydrogen (secondary N) is 2. The maximum atomic E-state index is 11.9. The zero-order valence-corrected chi connectivity index (χ0v) is 15.6. The maximum absolute atomic E-state index is 11.9. The third-order valence-corrected chi connectivity index (χ3v) is 4.35. The molecule has 1 aromatic carbocycles. The number of aliphatic carboxylic acids is 1. The molecule has 1 rings (SSSR count). The number of carboxylic acid groups (broad SMARTS) is 1. The lowest BCUT2D eigenvalue weighted by atomic mass is 10.1. The van der Waals surface area contributed by atoms with Crippen LogP contribution in [-0.4, -0.2) is 41.3 Å². The van der Waals surface area contributed by atoms with Gasteiger partial charge in [0.25, 0.3) is 0 Å². The Kier molecular flexibility index (Phi) is 9.29. The minimum absolute atomic E-state index is 0.0182. The van der Waals surface area contributed by atoms with Crippen LogP contribution in [0.25, 0.3) is 0 Å². The molecular weight excluding hydrogens is 363 g/mol. The molecule has 0 saturated heterocycles. The molecule has 0 saturated carbocycles. The van der Waals surface area contributed by atoms with Crippen LogP contribution in [0.1, 0.15) is 25.8 Å². The lowest BCUT2D eigenvalue weighted by Gasteiger charge is -2.20. The first-order valence-corrected chi connectivity index (χ1v) is 9.70. The molecule has 0 aliphatic rings. The van der Waals surface area contributed by atoms with Crippen LogP contribution in [-0.2, 0) is 25.2 Å². The fraction of sp³-hybridized carbons (Fsp3) is 0.500. The van der Waals surface area contributed by atoms with Gasteiger partial charge in [-0.1, -0.05) is 44.2 Å². The molecule has 0 bridgehead atoms. The van der Waals surface area contributed by atoms with E-state index in [1.165, 1.54) is 0 Å². The standard InChI is InChI=1S/C16H25N2O7P/c1-12(2)10-14(15(19)20)18-26(22,23)25-9-8-17-16(21)24-11-13-6-4-3-5-7-13/h3-7,12,14H,8-11H2,1-2H3,(H,17,21)(H,19,20)(H2,18,22,23)/t14-/m0/s1. The monoisotopic (exact) mass is 388 g/mol. The summed E-state index contributed by atoms with van der Waals surface area (Å²) < 4.78 is 21.6. The highest BCUT2D eigenvalue weighted by Crippen LogP contribution is 2.37. The number of rotatable bonds is 11. The van der Waals surface area contributed by atoms with Crippen LogP contribution < -0.4 is 10.4 Å². The minimum atomic E-state index is -4.30. The van der Waals surface area contributed by atoms with Crippen molar-refractivity contribution in [3.63, 3.8) is 0 Å². The van der Waals surface area contributed by atoms with E-state index in [1.807, 2.05) is 18.2 Å². The Bertz CT molecular complexity index is 624. The average Bonchev–Trinajstić information content (AvgIpc) is 2.56. The molecule has 1 aromatic rings. The summed E-state index contributed by atoms with van der Waals surface area (Å²) in [5.74, 6) is -1.22. The number of hydrogen-bond acceptors (Lipinski definition) is 5. The van der Waals surface area contributed by atoms with Crippen LogP contribution in [0.2, 0.25) is 0 Å². The van der Waals surface area contributed by atoms with Gasteiger partial charge in [0.2, 0.25) is 0 Å². The summed E-state index contributed by atoms with van der Waals surface area (Å²) in [7, 11) is -4.30. The Hall–Kier alpha value is -1.93. The maximum Gasteiger partial charge on any atom is 0.407 e. The summed E-state index contributed by atoms with van der Waals surface area (Å²) in [6, 6.07) is 7.90. The molecule has 0 heterocycles. The molecule has 146 valence electrons. The molecule has 0 aromatic heterocycles. The summed E-state index contributed by atoms with van der Waals surface area (Å²) in [6.45, 7) is 3.34. The Morgan fingerprint density at radius 3 is 2.46 bits per heavy atom. The second kappa shape index (κ2) is 10.9. The molecule has 0 fully saturated rings. The number of ether oxygens (including phenoxy) is 1. The van der Waals surface area contributed by atoms with Gasteiger partial charge in [0.15, 0.2) is 0 Å². The summed E-state index contributed by atoms with van der Waals surface area (Å²) in [5.41, 5.74) is 0.827. The van der Waals surface area contributed by atoms with E-state index in [2.05, 4.69) is 10.4 Å². The van der Waals surface area contributed by atoms with Crippen LogP contribution in [0.15, 0.2) is 30.3 Å². The Labute approximate surface area is 152 Å². The van der Waals surface area contributed by atoms with E-state index in [9.17, 15) is 19.0 Å². The van der Waals surface area contributed by atoms with Gasteiger partial charge < -0.3 is 20.1 Å². The highest BCUT2D eigenvalue weighted by atomic mass is 31.2. The molecule has 26 heavy (non-hydrogen) atoms. The predicted molar refractivity (Wildman–Crippen MR) is 94.4 cm³/mol. The molecule has 10 heteroatoms. The van der Waals surface area contributed by atoms with Crippen LogP contribution in [0, 0.1) is 5.92 Å². The second-order valence-corrected chi connectivity index (χ2v) is 7.55. The van der Waals surface area contributed by atoms with Crippen LogP contribution in [0.3, 0.4) is 0 Å². The van der Waals surface area contributed by atoms with E-state index in [0.29, 0.717) is 0 Å². The summed E-state index contributed by atoms with van der Waals surface area (Å²) in [5, 5.41) is 13.5. The van der Waals surface area contributed by atoms with E-state index in [-0.39, 0.29) is 32.1 Å². The Morgan fingerprint density at radius 1 is 1.23 bits per heavy atom. The van der Waals surface area contributed by atoms with Crippen molar-refractivity contribution >= 4 is 19.8 Å². The topological polar surface area (TPSA) is 134 Å². The molecule has 9 nitrogen and oxygen atoms in total. The predicted octanol–water partition coefficient (Wildman–Crippen LogP) is 2.12. The SMILES string of the molecule is CC(C)C[C@H](NP(=O)(O)OCCNC(=O)OCc1ccccc1)C(=O)O. The lowest BCUT2D eigenvalue weighted by Crippen LogP contribution is -2.36. The Balaban J connectivity index is 2.28. The second-order valence-electron chi connectivity index (χ2n) is 5.99. The van der Waals surface area contributed by atoms with Gasteiger partial charge in [-0.2, -0.15) is 0 Å². The smallest absolute Gasteiger partial charge is 0.407 e. The number of hydrogen-bond donors (Lipinski definition) is 4. The van der Waals surface area contributed by atoms with Gasteiger partial charge in [-0.15, -0.1) is 0 Å². The van der Waals surface area contributed by atoms with Crippen molar-refractivity contribution in [2.45, 2.75) is 32.9 Å². The molecule has 1 unspecified atom stereocenters. The van der Waals surface area contributed by atoms with Gasteiger partial charge in [-0.05, 0) is 17.9 Å². The molecule has 1 amide bonds. The zero-order chi connectivity index (χ0) is 19.6. The fourth-order valence-electron chi connectivity index (χ4n) is 2.01. The number of alkyl carbamates (subject to hydrolysis) is 1. The van der Waals surface area contributed by atoms with Crippen molar-refractivity contribution in [3.8, 4) is 0 Å². The first-order chi connectivity index (χ1) is 12.2. The fourth-order valence-corrected chi connectivity index (χ4v) is 3.03. The number of amides is 1. The molecule has 0 aliphatic carbocycles. The minimum Gasteiger partial charge on any atom is -0.480 e. The number of carbonyl (C=O) groups excluding carboxylic acids is 1. The van der Waals surface area contributed by atoms with Gasteiger partial charge in [0.05, 0.1) is 6.61 Å². The van der Waals surface area contributed by atoms with Gasteiger partial charge >= 0.3 is 19.8 Å². The van der Waals surface area contributed by atoms with Crippen molar-refractivity contribution in [2.75, 3.05) is 13.2 Å². The van der Waals surface area contributed by atoms with Crippen molar-refractivity contribution in [2.24, 2.45) is 5.92 Å². The van der Waals surface area contributed by atoms with E-state index in [1.54, 1.807) is 26.0 Å². The summed E-state index contributed by atoms with van der Waals surface area (Å²) in [6.07, 6.45) is -0.519. The zero-order valence-electron chi connectivity index (χ0n) is 14.8. The van der Waals surface area contributed by atoms with E-state index in [0.717, 1.165) is 5.56 Å². The first kappa shape index (κ1) is 22.1. The number of carbonyl (C=O) groups is 2. The third-order valence-electron chi connectivity index (χ3n) is 3.17. The lowest BCUT2D eigenvalue weighted by molar-refractivity contribution is -0.139. The van der Waals surface area contributed by atoms with Gasteiger partial charge in [0, 0.05) is 6.54 Å². The van der Waals surface area contributed by atoms with Gasteiger partial charge in [0.1, 0.15) is 12.6 Å². The molecule has 2 atom stereocenters. The molecule has 0 spiro atoms. The third kappa shape index (κ3) is 9.53. The van der Waals surface area contributed by atoms with Gasteiger partial charge in [-0.3, -0.25) is 9.32 Å². The van der Waals surface area contributed by atoms with E-state index >= 15 is 0 Å². The number of carboxylic acids is 1. The largest absolute Gasteiger partial charge is 0.480 e. The van der Waals surface area contributed by atoms with Crippen LogP contribution in [0.4, 0.5) is 4.79 Å². The molecule has 4 N–H and O–H groups in total. The van der Waals surface area contributed by atoms with E-state index < -0.39 is 25.9 Å². The molecule has 0 aliphatic heterocycles. The van der Waals surface area contributed by atoms with Crippen molar-refractivity contribution in [1.29, 1.82) is 0 Å². The van der Waals surface area contributed by atoms with Gasteiger partial charge in [-0.25, -0.2) is 14.4 Å². The molecular formula is C16H25N2O7P. The van der Waals surface area contributed by atoms with Crippen molar-refractivity contribution < 1.29 is 33.4 Å². The highest BCUT2D eigenvalue weighted by molar-refractivity contribution is 7.50.